The Bertz CT molecular complexity index is 1670. The van der Waals surface area contributed by atoms with E-state index in [9.17, 15) is 8.42 Å². The molecule has 0 spiro atoms. The number of hydrogen-bond acceptors (Lipinski definition) is 5. The lowest BCUT2D eigenvalue weighted by atomic mass is 10.0. The molecule has 0 aliphatic heterocycles. The van der Waals surface area contributed by atoms with Gasteiger partial charge in [-0.15, -0.1) is 0 Å². The van der Waals surface area contributed by atoms with Crippen LogP contribution in [0.1, 0.15) is 31.7 Å². The third-order valence-electron chi connectivity index (χ3n) is 6.70. The molecule has 172 valence electrons. The van der Waals surface area contributed by atoms with Crippen molar-refractivity contribution >= 4 is 49.4 Å². The highest BCUT2D eigenvalue weighted by Crippen LogP contribution is 2.39. The summed E-state index contributed by atoms with van der Waals surface area (Å²) in [5.74, 6) is 0.440. The molecule has 6 rings (SSSR count). The summed E-state index contributed by atoms with van der Waals surface area (Å²) in [6.45, 7) is 0. The van der Waals surface area contributed by atoms with Crippen LogP contribution in [0.4, 0.5) is 5.82 Å². The van der Waals surface area contributed by atoms with Gasteiger partial charge in [0.15, 0.2) is 0 Å². The van der Waals surface area contributed by atoms with Crippen LogP contribution in [0.5, 0.6) is 0 Å². The van der Waals surface area contributed by atoms with Crippen molar-refractivity contribution in [3.8, 4) is 11.1 Å². The summed E-state index contributed by atoms with van der Waals surface area (Å²) in [6.07, 6.45) is 9.84. The zero-order chi connectivity index (χ0) is 23.4. The van der Waals surface area contributed by atoms with E-state index in [4.69, 9.17) is 17.3 Å². The van der Waals surface area contributed by atoms with Gasteiger partial charge < -0.3 is 10.3 Å². The quantitative estimate of drug-likeness (QED) is 0.351. The normalized spacial score (nSPS) is 15.0. The van der Waals surface area contributed by atoms with E-state index in [1.807, 2.05) is 18.2 Å². The van der Waals surface area contributed by atoms with Crippen molar-refractivity contribution in [2.75, 3.05) is 5.73 Å². The zero-order valence-corrected chi connectivity index (χ0v) is 19.8. The second-order valence-corrected chi connectivity index (χ2v) is 10.9. The molecular formula is C25H22ClN5O2S. The largest absolute Gasteiger partial charge is 0.383 e. The number of anilines is 1. The van der Waals surface area contributed by atoms with Gasteiger partial charge in [-0.3, -0.25) is 0 Å². The Kier molecular flexibility index (Phi) is 4.89. The summed E-state index contributed by atoms with van der Waals surface area (Å²) in [7, 11) is -3.84. The van der Waals surface area contributed by atoms with Gasteiger partial charge in [0.25, 0.3) is 10.0 Å². The van der Waals surface area contributed by atoms with E-state index in [-0.39, 0.29) is 9.92 Å². The van der Waals surface area contributed by atoms with Gasteiger partial charge in [-0.05, 0) is 48.7 Å². The van der Waals surface area contributed by atoms with Crippen molar-refractivity contribution in [2.24, 2.45) is 0 Å². The van der Waals surface area contributed by atoms with E-state index in [1.54, 1.807) is 30.5 Å². The molecule has 0 saturated heterocycles. The molecule has 1 aliphatic rings. The number of hydrogen-bond donors (Lipinski definition) is 1. The van der Waals surface area contributed by atoms with Crippen LogP contribution in [-0.2, 0) is 10.0 Å². The summed E-state index contributed by atoms with van der Waals surface area (Å²) in [6, 6.07) is 14.4. The second-order valence-electron chi connectivity index (χ2n) is 8.67. The highest BCUT2D eigenvalue weighted by molar-refractivity contribution is 7.90. The molecule has 7 nitrogen and oxygen atoms in total. The van der Waals surface area contributed by atoms with Crippen molar-refractivity contribution in [3.63, 3.8) is 0 Å². The lowest BCUT2D eigenvalue weighted by Crippen LogP contribution is -2.12. The average molecular weight is 492 g/mol. The number of nitrogens with zero attached hydrogens (tertiary/aromatic N) is 4. The van der Waals surface area contributed by atoms with E-state index in [2.05, 4.69) is 20.7 Å². The van der Waals surface area contributed by atoms with E-state index in [0.717, 1.165) is 40.4 Å². The molecule has 3 heterocycles. The molecule has 0 radical (unpaired) electrons. The molecule has 9 heteroatoms. The number of benzene rings is 2. The molecule has 0 bridgehead atoms. The Morgan fingerprint density at radius 2 is 1.82 bits per heavy atom. The van der Waals surface area contributed by atoms with Gasteiger partial charge in [0.1, 0.15) is 22.7 Å². The molecule has 5 aromatic rings. The summed E-state index contributed by atoms with van der Waals surface area (Å²) in [5, 5.41) is 1.82. The molecule has 2 N–H and O–H groups in total. The maximum absolute atomic E-state index is 13.3. The van der Waals surface area contributed by atoms with Crippen LogP contribution < -0.4 is 5.73 Å². The molecule has 1 fully saturated rings. The van der Waals surface area contributed by atoms with Crippen molar-refractivity contribution in [1.29, 1.82) is 0 Å². The Morgan fingerprint density at radius 3 is 2.62 bits per heavy atom. The minimum absolute atomic E-state index is 0.0720. The van der Waals surface area contributed by atoms with E-state index in [0.29, 0.717) is 17.4 Å². The van der Waals surface area contributed by atoms with Gasteiger partial charge in [-0.1, -0.05) is 42.6 Å². The smallest absolute Gasteiger partial charge is 0.269 e. The lowest BCUT2D eigenvalue weighted by Gasteiger charge is -2.12. The Hall–Kier alpha value is -3.36. The fourth-order valence-corrected chi connectivity index (χ4v) is 6.89. The monoisotopic (exact) mass is 491 g/mol. The number of fused-ring (bicyclic) bond motifs is 2. The molecule has 1 aliphatic carbocycles. The van der Waals surface area contributed by atoms with Gasteiger partial charge in [0.05, 0.1) is 15.9 Å². The minimum atomic E-state index is -3.84. The van der Waals surface area contributed by atoms with Crippen molar-refractivity contribution in [2.45, 2.75) is 36.6 Å². The average Bonchev–Trinajstić information content (AvgIpc) is 3.57. The number of nitrogen functional groups attached to an aromatic ring is 1. The van der Waals surface area contributed by atoms with Crippen molar-refractivity contribution in [3.05, 3.63) is 72.3 Å². The van der Waals surface area contributed by atoms with E-state index in [1.165, 1.54) is 29.2 Å². The predicted molar refractivity (Wildman–Crippen MR) is 134 cm³/mol. The van der Waals surface area contributed by atoms with E-state index >= 15 is 0 Å². The first-order valence-electron chi connectivity index (χ1n) is 11.2. The number of nitrogens with two attached hydrogens (primary N) is 1. The Labute approximate surface area is 201 Å². The van der Waals surface area contributed by atoms with Crippen LogP contribution in [0.2, 0.25) is 5.02 Å². The van der Waals surface area contributed by atoms with Crippen LogP contribution in [0.25, 0.3) is 33.1 Å². The summed E-state index contributed by atoms with van der Waals surface area (Å²) in [5.41, 5.74) is 9.60. The fourth-order valence-electron chi connectivity index (χ4n) is 5.04. The molecule has 34 heavy (non-hydrogen) atoms. The van der Waals surface area contributed by atoms with Crippen molar-refractivity contribution < 1.29 is 8.42 Å². The number of aromatic nitrogens is 4. The van der Waals surface area contributed by atoms with Crippen LogP contribution >= 0.6 is 11.6 Å². The second kappa shape index (κ2) is 7.85. The standard InChI is InChI=1S/C25H22ClN5O2S/c26-20-7-3-4-8-22(20)34(32,33)31-12-11-17-13-16(9-10-21(17)31)19-14-30(18-5-1-2-6-18)25-23(19)24(27)28-15-29-25/h3-4,7-15,18H,1-2,5-6H2,(H2,27,28,29). The molecule has 0 unspecified atom stereocenters. The molecule has 1 saturated carbocycles. The third-order valence-corrected chi connectivity index (χ3v) is 8.89. The summed E-state index contributed by atoms with van der Waals surface area (Å²) in [4.78, 5) is 8.85. The predicted octanol–water partition coefficient (Wildman–Crippen LogP) is 5.64. The lowest BCUT2D eigenvalue weighted by molar-refractivity contribution is 0.532. The van der Waals surface area contributed by atoms with Gasteiger partial charge >= 0.3 is 0 Å². The molecular weight excluding hydrogens is 470 g/mol. The van der Waals surface area contributed by atoms with Gasteiger partial charge in [-0.2, -0.15) is 0 Å². The summed E-state index contributed by atoms with van der Waals surface area (Å²) < 4.78 is 30.1. The number of halogens is 1. The topological polar surface area (TPSA) is 95.8 Å². The first kappa shape index (κ1) is 21.2. The summed E-state index contributed by atoms with van der Waals surface area (Å²) >= 11 is 6.19. The van der Waals surface area contributed by atoms with Crippen LogP contribution in [0.15, 0.2) is 72.1 Å². The highest BCUT2D eigenvalue weighted by Gasteiger charge is 2.24. The first-order chi connectivity index (χ1) is 16.4. The van der Waals surface area contributed by atoms with Crippen LogP contribution in [-0.4, -0.2) is 26.9 Å². The molecule has 0 amide bonds. The molecule has 2 aromatic carbocycles. The van der Waals surface area contributed by atoms with E-state index < -0.39 is 10.0 Å². The molecule has 0 atom stereocenters. The SMILES string of the molecule is Nc1ncnc2c1c(-c1ccc3c(ccn3S(=O)(=O)c3ccccc3Cl)c1)cn2C1CCCC1. The fraction of sp³-hybridized carbons (Fsp3) is 0.200. The molecule has 3 aromatic heterocycles. The minimum Gasteiger partial charge on any atom is -0.383 e. The van der Waals surface area contributed by atoms with Crippen LogP contribution in [0, 0.1) is 0 Å². The van der Waals surface area contributed by atoms with Crippen molar-refractivity contribution in [1.82, 2.24) is 18.5 Å². The van der Waals surface area contributed by atoms with Gasteiger partial charge in [0, 0.05) is 29.4 Å². The third kappa shape index (κ3) is 3.20. The zero-order valence-electron chi connectivity index (χ0n) is 18.2. The maximum atomic E-state index is 13.3. The Morgan fingerprint density at radius 1 is 1.03 bits per heavy atom. The number of rotatable bonds is 4. The first-order valence-corrected chi connectivity index (χ1v) is 13.0. The van der Waals surface area contributed by atoms with Crippen LogP contribution in [0.3, 0.4) is 0 Å². The van der Waals surface area contributed by atoms with Gasteiger partial charge in [-0.25, -0.2) is 22.4 Å². The maximum Gasteiger partial charge on any atom is 0.269 e. The highest BCUT2D eigenvalue weighted by atomic mass is 35.5. The Balaban J connectivity index is 1.50. The van der Waals surface area contributed by atoms with Gasteiger partial charge in [0.2, 0.25) is 0 Å².